The van der Waals surface area contributed by atoms with Gasteiger partial charge >= 0.3 is 0 Å². The molecule has 0 amide bonds. The van der Waals surface area contributed by atoms with E-state index in [-0.39, 0.29) is 5.95 Å². The summed E-state index contributed by atoms with van der Waals surface area (Å²) in [6.45, 7) is 0.761. The van der Waals surface area contributed by atoms with Crippen molar-refractivity contribution in [2.24, 2.45) is 0 Å². The van der Waals surface area contributed by atoms with Crippen molar-refractivity contribution in [2.45, 2.75) is 25.8 Å². The second-order valence-corrected chi connectivity index (χ2v) is 5.74. The van der Waals surface area contributed by atoms with Crippen LogP contribution >= 0.6 is 11.3 Å². The molecule has 0 fully saturated rings. The predicted octanol–water partition coefficient (Wildman–Crippen LogP) is 2.23. The molecule has 0 bridgehead atoms. The average molecular weight is 276 g/mol. The summed E-state index contributed by atoms with van der Waals surface area (Å²) in [5, 5.41) is 3.26. The van der Waals surface area contributed by atoms with Gasteiger partial charge in [0.2, 0.25) is 11.8 Å². The number of fused-ring (bicyclic) bond motifs is 1. The molecule has 0 saturated heterocycles. The third-order valence-electron chi connectivity index (χ3n) is 3.17. The standard InChI is InChI=1S/C13H16N4OS/c1-18-12-6-11(16-13(14)17-12)15-7-9-5-8-3-2-4-10(8)19-9/h5-6H,2-4,7H2,1H3,(H3,14,15,16,17). The Morgan fingerprint density at radius 2 is 2.26 bits per heavy atom. The molecule has 19 heavy (non-hydrogen) atoms. The molecule has 6 heteroatoms. The van der Waals surface area contributed by atoms with Crippen molar-refractivity contribution >= 4 is 23.1 Å². The first-order chi connectivity index (χ1) is 9.24. The van der Waals surface area contributed by atoms with E-state index in [0.717, 1.165) is 6.54 Å². The fourth-order valence-corrected chi connectivity index (χ4v) is 3.49. The lowest BCUT2D eigenvalue weighted by molar-refractivity contribution is 0.398. The van der Waals surface area contributed by atoms with E-state index < -0.39 is 0 Å². The zero-order valence-electron chi connectivity index (χ0n) is 10.8. The number of anilines is 2. The van der Waals surface area contributed by atoms with Gasteiger partial charge < -0.3 is 15.8 Å². The quantitative estimate of drug-likeness (QED) is 0.896. The summed E-state index contributed by atoms with van der Waals surface area (Å²) in [7, 11) is 1.56. The van der Waals surface area contributed by atoms with Gasteiger partial charge in [-0.1, -0.05) is 0 Å². The van der Waals surface area contributed by atoms with Crippen LogP contribution in [0.3, 0.4) is 0 Å². The van der Waals surface area contributed by atoms with E-state index in [1.54, 1.807) is 13.2 Å². The lowest BCUT2D eigenvalue weighted by atomic mass is 10.2. The van der Waals surface area contributed by atoms with Crippen LogP contribution in [-0.2, 0) is 19.4 Å². The number of aryl methyl sites for hydroxylation is 2. The van der Waals surface area contributed by atoms with Crippen LogP contribution in [0.1, 0.15) is 21.7 Å². The Morgan fingerprint density at radius 1 is 1.37 bits per heavy atom. The Labute approximate surface area is 115 Å². The van der Waals surface area contributed by atoms with Crippen molar-refractivity contribution in [3.05, 3.63) is 27.5 Å². The van der Waals surface area contributed by atoms with Gasteiger partial charge in [-0.25, -0.2) is 0 Å². The number of nitrogens with zero attached hydrogens (tertiary/aromatic N) is 2. The summed E-state index contributed by atoms with van der Waals surface area (Å²) >= 11 is 1.89. The van der Waals surface area contributed by atoms with Crippen LogP contribution in [0.25, 0.3) is 0 Å². The third kappa shape index (κ3) is 2.63. The Balaban J connectivity index is 1.69. The van der Waals surface area contributed by atoms with Crippen molar-refractivity contribution in [1.29, 1.82) is 0 Å². The Kier molecular flexibility index (Phi) is 3.25. The molecule has 0 radical (unpaired) electrons. The topological polar surface area (TPSA) is 73.1 Å². The van der Waals surface area contributed by atoms with Crippen molar-refractivity contribution in [1.82, 2.24) is 9.97 Å². The van der Waals surface area contributed by atoms with E-state index in [4.69, 9.17) is 10.5 Å². The molecule has 0 unspecified atom stereocenters. The number of nitrogens with one attached hydrogen (secondary N) is 1. The predicted molar refractivity (Wildman–Crippen MR) is 76.7 cm³/mol. The van der Waals surface area contributed by atoms with E-state index >= 15 is 0 Å². The van der Waals surface area contributed by atoms with Gasteiger partial charge in [0.15, 0.2) is 0 Å². The highest BCUT2D eigenvalue weighted by Crippen LogP contribution is 2.31. The minimum absolute atomic E-state index is 0.218. The average Bonchev–Trinajstić information content (AvgIpc) is 2.96. The molecule has 0 spiro atoms. The molecule has 3 rings (SSSR count). The van der Waals surface area contributed by atoms with Gasteiger partial charge in [-0.05, 0) is 30.9 Å². The number of nitrogens with two attached hydrogens (primary N) is 1. The molecule has 0 aliphatic heterocycles. The molecule has 2 heterocycles. The van der Waals surface area contributed by atoms with Crippen LogP contribution < -0.4 is 15.8 Å². The van der Waals surface area contributed by atoms with Gasteiger partial charge in [0, 0.05) is 15.8 Å². The zero-order chi connectivity index (χ0) is 13.2. The van der Waals surface area contributed by atoms with Gasteiger partial charge in [-0.3, -0.25) is 0 Å². The maximum absolute atomic E-state index is 5.62. The number of methoxy groups -OCH3 is 1. The number of nitrogen functional groups attached to an aromatic ring is 1. The van der Waals surface area contributed by atoms with Gasteiger partial charge in [-0.2, -0.15) is 9.97 Å². The number of aromatic nitrogens is 2. The fraction of sp³-hybridized carbons (Fsp3) is 0.385. The zero-order valence-corrected chi connectivity index (χ0v) is 11.6. The van der Waals surface area contributed by atoms with Gasteiger partial charge in [-0.15, -0.1) is 11.3 Å². The fourth-order valence-electron chi connectivity index (χ4n) is 2.29. The molecule has 0 aromatic carbocycles. The second kappa shape index (κ2) is 5.05. The highest BCUT2D eigenvalue weighted by Gasteiger charge is 2.14. The van der Waals surface area contributed by atoms with Crippen LogP contribution in [0, 0.1) is 0 Å². The lowest BCUT2D eigenvalue weighted by Crippen LogP contribution is -2.04. The second-order valence-electron chi connectivity index (χ2n) is 4.52. The van der Waals surface area contributed by atoms with Crippen molar-refractivity contribution in [3.8, 4) is 5.88 Å². The van der Waals surface area contributed by atoms with Gasteiger partial charge in [0.25, 0.3) is 0 Å². The first-order valence-electron chi connectivity index (χ1n) is 6.27. The Bertz CT molecular complexity index is 575. The van der Waals surface area contributed by atoms with E-state index in [1.165, 1.54) is 34.6 Å². The summed E-state index contributed by atoms with van der Waals surface area (Å²) in [5.74, 6) is 1.39. The summed E-state index contributed by atoms with van der Waals surface area (Å²) in [6.07, 6.45) is 3.75. The van der Waals surface area contributed by atoms with E-state index in [9.17, 15) is 0 Å². The Hall–Kier alpha value is -1.82. The number of thiophene rings is 1. The van der Waals surface area contributed by atoms with Crippen molar-refractivity contribution in [2.75, 3.05) is 18.2 Å². The maximum atomic E-state index is 5.62. The smallest absolute Gasteiger partial charge is 0.225 e. The molecular weight excluding hydrogens is 260 g/mol. The largest absolute Gasteiger partial charge is 0.481 e. The van der Waals surface area contributed by atoms with Crippen LogP contribution in [-0.4, -0.2) is 17.1 Å². The minimum atomic E-state index is 0.218. The maximum Gasteiger partial charge on any atom is 0.225 e. The summed E-state index contributed by atoms with van der Waals surface area (Å²) in [5.41, 5.74) is 7.14. The molecule has 2 aromatic rings. The number of hydrogen-bond donors (Lipinski definition) is 2. The highest BCUT2D eigenvalue weighted by atomic mass is 32.1. The SMILES string of the molecule is COc1cc(NCc2cc3c(s2)CCC3)nc(N)n1. The first-order valence-corrected chi connectivity index (χ1v) is 7.09. The number of rotatable bonds is 4. The molecular formula is C13H16N4OS. The molecule has 0 atom stereocenters. The molecule has 1 aliphatic rings. The molecule has 3 N–H and O–H groups in total. The molecule has 100 valence electrons. The van der Waals surface area contributed by atoms with Gasteiger partial charge in [0.05, 0.1) is 13.7 Å². The van der Waals surface area contributed by atoms with Crippen LogP contribution in [0.15, 0.2) is 12.1 Å². The molecule has 1 aliphatic carbocycles. The highest BCUT2D eigenvalue weighted by molar-refractivity contribution is 7.12. The Morgan fingerprint density at radius 3 is 3.05 bits per heavy atom. The molecule has 5 nitrogen and oxygen atoms in total. The minimum Gasteiger partial charge on any atom is -0.481 e. The number of ether oxygens (including phenoxy) is 1. The first kappa shape index (κ1) is 12.2. The van der Waals surface area contributed by atoms with Crippen LogP contribution in [0.2, 0.25) is 0 Å². The van der Waals surface area contributed by atoms with Crippen molar-refractivity contribution in [3.63, 3.8) is 0 Å². The summed E-state index contributed by atoms with van der Waals surface area (Å²) < 4.78 is 5.07. The molecule has 0 saturated carbocycles. The van der Waals surface area contributed by atoms with E-state index in [2.05, 4.69) is 21.4 Å². The van der Waals surface area contributed by atoms with Crippen molar-refractivity contribution < 1.29 is 4.74 Å². The van der Waals surface area contributed by atoms with E-state index in [1.807, 2.05) is 11.3 Å². The van der Waals surface area contributed by atoms with E-state index in [0.29, 0.717) is 11.7 Å². The normalized spacial score (nSPS) is 13.3. The summed E-state index contributed by atoms with van der Waals surface area (Å²) in [6, 6.07) is 4.04. The van der Waals surface area contributed by atoms with Gasteiger partial charge in [0.1, 0.15) is 5.82 Å². The van der Waals surface area contributed by atoms with Crippen LogP contribution in [0.4, 0.5) is 11.8 Å². The monoisotopic (exact) mass is 276 g/mol. The lowest BCUT2D eigenvalue weighted by Gasteiger charge is -2.06. The third-order valence-corrected chi connectivity index (χ3v) is 4.41. The van der Waals surface area contributed by atoms with Crippen LogP contribution in [0.5, 0.6) is 5.88 Å². The molecule has 2 aromatic heterocycles. The summed E-state index contributed by atoms with van der Waals surface area (Å²) in [4.78, 5) is 11.0. The number of hydrogen-bond acceptors (Lipinski definition) is 6.